The van der Waals surface area contributed by atoms with Crippen LogP contribution in [0.25, 0.3) is 0 Å². The lowest BCUT2D eigenvalue weighted by atomic mass is 10.00. The fourth-order valence-electron chi connectivity index (χ4n) is 3.28. The Morgan fingerprint density at radius 3 is 2.89 bits per heavy atom. The molecule has 2 atom stereocenters. The van der Waals surface area contributed by atoms with Crippen molar-refractivity contribution in [3.05, 3.63) is 35.4 Å². The monoisotopic (exact) mass is 244 g/mol. The van der Waals surface area contributed by atoms with Gasteiger partial charge < -0.3 is 15.1 Å². The van der Waals surface area contributed by atoms with Crippen LogP contribution in [0.1, 0.15) is 28.8 Å². The average Bonchev–Trinajstić information content (AvgIpc) is 2.95. The third-order valence-electron chi connectivity index (χ3n) is 4.13. The first-order valence-corrected chi connectivity index (χ1v) is 6.04. The fraction of sp³-hybridized carbons (Fsp3) is 0.385. The number of Topliss-reactive ketones (excluding diaryl/α,β-unsaturated/α-hetero) is 1. The summed E-state index contributed by atoms with van der Waals surface area (Å²) >= 11 is 0. The maximum atomic E-state index is 12.4. The van der Waals surface area contributed by atoms with Gasteiger partial charge in [0, 0.05) is 24.1 Å². The number of aliphatic imine (C=N–C) groups is 1. The summed E-state index contributed by atoms with van der Waals surface area (Å²) < 4.78 is 0. The first-order chi connectivity index (χ1) is 8.59. The lowest BCUT2D eigenvalue weighted by Gasteiger charge is -2.34. The van der Waals surface area contributed by atoms with Gasteiger partial charge in [0.2, 0.25) is 11.5 Å². The second-order valence-corrected chi connectivity index (χ2v) is 5.00. The van der Waals surface area contributed by atoms with Gasteiger partial charge in [0.05, 0.1) is 0 Å². The molecule has 1 aliphatic carbocycles. The van der Waals surface area contributed by atoms with Gasteiger partial charge in [-0.2, -0.15) is 0 Å². The van der Waals surface area contributed by atoms with Crippen molar-refractivity contribution in [3.63, 3.8) is 0 Å². The molecule has 3 aliphatic rings. The van der Waals surface area contributed by atoms with Crippen molar-refractivity contribution in [3.8, 4) is 0 Å². The third-order valence-corrected chi connectivity index (χ3v) is 4.13. The summed E-state index contributed by atoms with van der Waals surface area (Å²) in [7, 11) is 0. The molecule has 0 aromatic heterocycles. The Labute approximate surface area is 103 Å². The summed E-state index contributed by atoms with van der Waals surface area (Å²) in [5.74, 6) is 0.170. The molecule has 0 amide bonds. The average molecular weight is 244 g/mol. The standard InChI is InChI=1S/C13H12N2O3/c16-11-8-4-1-2-5-9(8)12(17)13(11,18)15-7-3-6-10(15)14-12/h1-2,4-5,17-18H,3,6-7H2/t12-,13-/m0/s1. The second-order valence-electron chi connectivity index (χ2n) is 5.00. The zero-order chi connectivity index (χ0) is 12.5. The largest absolute Gasteiger partial charge is 0.361 e. The van der Waals surface area contributed by atoms with Crippen molar-refractivity contribution in [1.82, 2.24) is 4.90 Å². The molecule has 1 saturated heterocycles. The quantitative estimate of drug-likeness (QED) is 0.685. The molecule has 2 N–H and O–H groups in total. The van der Waals surface area contributed by atoms with Crippen LogP contribution in [-0.4, -0.2) is 39.0 Å². The number of hydrogen-bond acceptors (Lipinski definition) is 5. The number of fused-ring (bicyclic) bond motifs is 5. The van der Waals surface area contributed by atoms with Gasteiger partial charge in [-0.05, 0) is 6.42 Å². The first-order valence-electron chi connectivity index (χ1n) is 6.04. The van der Waals surface area contributed by atoms with E-state index < -0.39 is 17.2 Å². The number of hydrogen-bond donors (Lipinski definition) is 2. The van der Waals surface area contributed by atoms with Gasteiger partial charge in [-0.15, -0.1) is 0 Å². The van der Waals surface area contributed by atoms with Crippen LogP contribution in [0.15, 0.2) is 29.3 Å². The Morgan fingerprint density at radius 1 is 1.28 bits per heavy atom. The molecule has 0 saturated carbocycles. The minimum absolute atomic E-state index is 0.359. The van der Waals surface area contributed by atoms with Crippen LogP contribution in [0, 0.1) is 0 Å². The third kappa shape index (κ3) is 0.824. The molecule has 2 aliphatic heterocycles. The molecule has 2 heterocycles. The van der Waals surface area contributed by atoms with E-state index in [-0.39, 0.29) is 0 Å². The van der Waals surface area contributed by atoms with Crippen molar-refractivity contribution < 1.29 is 15.0 Å². The Kier molecular flexibility index (Phi) is 1.60. The Hall–Kier alpha value is -1.72. The number of carbonyl (C=O) groups is 1. The van der Waals surface area contributed by atoms with Crippen LogP contribution in [0.4, 0.5) is 0 Å². The number of benzene rings is 1. The summed E-state index contributed by atoms with van der Waals surface area (Å²) in [6, 6.07) is 6.73. The highest BCUT2D eigenvalue weighted by Gasteiger charge is 2.70. The van der Waals surface area contributed by atoms with E-state index in [4.69, 9.17) is 0 Å². The lowest BCUT2D eigenvalue weighted by molar-refractivity contribution is -0.158. The SMILES string of the molecule is O=C1c2ccccc2[C@@]2(O)N=C3CCCN3[C@]12O. The molecule has 5 heteroatoms. The fourth-order valence-corrected chi connectivity index (χ4v) is 3.28. The van der Waals surface area contributed by atoms with Gasteiger partial charge in [0.1, 0.15) is 5.84 Å². The molecular weight excluding hydrogens is 232 g/mol. The van der Waals surface area contributed by atoms with Crippen molar-refractivity contribution in [2.75, 3.05) is 6.54 Å². The van der Waals surface area contributed by atoms with Crippen LogP contribution in [0.2, 0.25) is 0 Å². The number of amidine groups is 1. The van der Waals surface area contributed by atoms with Crippen LogP contribution in [-0.2, 0) is 5.72 Å². The van der Waals surface area contributed by atoms with E-state index >= 15 is 0 Å². The summed E-state index contributed by atoms with van der Waals surface area (Å²) in [6.07, 6.45) is 1.54. The van der Waals surface area contributed by atoms with Gasteiger partial charge in [0.25, 0.3) is 5.72 Å². The molecule has 1 aromatic carbocycles. The van der Waals surface area contributed by atoms with E-state index in [2.05, 4.69) is 4.99 Å². The summed E-state index contributed by atoms with van der Waals surface area (Å²) in [5.41, 5.74) is -3.02. The molecule has 0 radical (unpaired) electrons. The number of aliphatic hydroxyl groups is 2. The van der Waals surface area contributed by atoms with Gasteiger partial charge in [-0.3, -0.25) is 4.79 Å². The topological polar surface area (TPSA) is 73.1 Å². The van der Waals surface area contributed by atoms with Crippen molar-refractivity contribution in [2.45, 2.75) is 24.3 Å². The summed E-state index contributed by atoms with van der Waals surface area (Å²) in [6.45, 7) is 0.553. The molecule has 0 unspecified atom stereocenters. The van der Waals surface area contributed by atoms with Gasteiger partial charge in [-0.25, -0.2) is 4.99 Å². The highest BCUT2D eigenvalue weighted by molar-refractivity contribution is 6.12. The Bertz CT molecular complexity index is 612. The van der Waals surface area contributed by atoms with E-state index in [9.17, 15) is 15.0 Å². The molecule has 1 fully saturated rings. The molecule has 4 rings (SSSR count). The van der Waals surface area contributed by atoms with Gasteiger partial charge >= 0.3 is 0 Å². The predicted octanol–water partition coefficient (Wildman–Crippen LogP) is 0.224. The van der Waals surface area contributed by atoms with E-state index in [1.807, 2.05) is 0 Å². The molecule has 1 aromatic rings. The molecule has 5 nitrogen and oxygen atoms in total. The number of ketones is 1. The molecule has 92 valence electrons. The predicted molar refractivity (Wildman–Crippen MR) is 63.0 cm³/mol. The van der Waals surface area contributed by atoms with Crippen LogP contribution in [0.3, 0.4) is 0 Å². The van der Waals surface area contributed by atoms with Crippen LogP contribution < -0.4 is 0 Å². The molecule has 0 bridgehead atoms. The van der Waals surface area contributed by atoms with E-state index in [0.29, 0.717) is 29.9 Å². The normalized spacial score (nSPS) is 36.4. The van der Waals surface area contributed by atoms with Crippen molar-refractivity contribution in [1.29, 1.82) is 0 Å². The minimum Gasteiger partial charge on any atom is -0.361 e. The van der Waals surface area contributed by atoms with Crippen LogP contribution in [0.5, 0.6) is 0 Å². The Morgan fingerprint density at radius 2 is 2.06 bits per heavy atom. The van der Waals surface area contributed by atoms with Crippen molar-refractivity contribution >= 4 is 11.6 Å². The Balaban J connectivity index is 2.04. The number of nitrogens with zero attached hydrogens (tertiary/aromatic N) is 2. The van der Waals surface area contributed by atoms with E-state index in [0.717, 1.165) is 6.42 Å². The van der Waals surface area contributed by atoms with Gasteiger partial charge in [0.15, 0.2) is 0 Å². The first kappa shape index (κ1) is 10.2. The maximum absolute atomic E-state index is 12.4. The maximum Gasteiger partial charge on any atom is 0.259 e. The smallest absolute Gasteiger partial charge is 0.259 e. The minimum atomic E-state index is -1.94. The zero-order valence-corrected chi connectivity index (χ0v) is 9.63. The highest BCUT2D eigenvalue weighted by Crippen LogP contribution is 2.52. The van der Waals surface area contributed by atoms with Crippen molar-refractivity contribution in [2.24, 2.45) is 4.99 Å². The molecular formula is C13H12N2O3. The lowest BCUT2D eigenvalue weighted by Crippen LogP contribution is -2.58. The molecule has 18 heavy (non-hydrogen) atoms. The second kappa shape index (κ2) is 2.81. The van der Waals surface area contributed by atoms with E-state index in [1.165, 1.54) is 0 Å². The number of carbonyl (C=O) groups excluding carboxylic acids is 1. The summed E-state index contributed by atoms with van der Waals surface area (Å²) in [5, 5.41) is 21.5. The summed E-state index contributed by atoms with van der Waals surface area (Å²) in [4.78, 5) is 18.2. The van der Waals surface area contributed by atoms with Crippen LogP contribution >= 0.6 is 0 Å². The molecule has 0 spiro atoms. The zero-order valence-electron chi connectivity index (χ0n) is 9.63. The highest BCUT2D eigenvalue weighted by atomic mass is 16.4. The van der Waals surface area contributed by atoms with E-state index in [1.54, 1.807) is 29.2 Å². The number of rotatable bonds is 0. The van der Waals surface area contributed by atoms with Gasteiger partial charge in [-0.1, -0.05) is 24.3 Å².